The van der Waals surface area contributed by atoms with Gasteiger partial charge in [-0.25, -0.2) is 0 Å². The molecule has 1 aliphatic carbocycles. The molecule has 124 valence electrons. The van der Waals surface area contributed by atoms with Gasteiger partial charge in [0.1, 0.15) is 0 Å². The van der Waals surface area contributed by atoms with Gasteiger partial charge in [-0.3, -0.25) is 0 Å². The Labute approximate surface area is 136 Å². The van der Waals surface area contributed by atoms with Gasteiger partial charge in [0.15, 0.2) is 0 Å². The fourth-order valence-corrected chi connectivity index (χ4v) is 3.97. The Morgan fingerprint density at radius 2 is 1.77 bits per heavy atom. The molecule has 1 saturated carbocycles. The number of methoxy groups -OCH3 is 1. The molecule has 0 aromatic heterocycles. The summed E-state index contributed by atoms with van der Waals surface area (Å²) in [6.45, 7) is 4.55. The molecule has 0 saturated heterocycles. The summed E-state index contributed by atoms with van der Waals surface area (Å²) in [6.07, 6.45) is 9.09. The third kappa shape index (κ3) is 4.82. The van der Waals surface area contributed by atoms with Crippen molar-refractivity contribution in [1.29, 1.82) is 0 Å². The van der Waals surface area contributed by atoms with Gasteiger partial charge >= 0.3 is 0 Å². The largest absolute Gasteiger partial charge is 0.384 e. The average molecular weight is 304 g/mol. The fraction of sp³-hybridized carbons (Fsp3) is 0.700. The Morgan fingerprint density at radius 3 is 2.41 bits per heavy atom. The molecular formula is C20H32O2. The Hall–Kier alpha value is -0.860. The highest BCUT2D eigenvalue weighted by Crippen LogP contribution is 2.42. The number of hydrogen-bond acceptors (Lipinski definition) is 2. The lowest BCUT2D eigenvalue weighted by molar-refractivity contribution is -0.0561. The quantitative estimate of drug-likeness (QED) is 0.648. The van der Waals surface area contributed by atoms with Crippen LogP contribution in [0.3, 0.4) is 0 Å². The predicted molar refractivity (Wildman–Crippen MR) is 92.1 cm³/mol. The Kier molecular flexibility index (Phi) is 7.41. The molecule has 0 heterocycles. The molecule has 0 spiro atoms. The van der Waals surface area contributed by atoms with Gasteiger partial charge in [-0.1, -0.05) is 49.6 Å². The zero-order valence-corrected chi connectivity index (χ0v) is 14.4. The van der Waals surface area contributed by atoms with Crippen molar-refractivity contribution in [2.24, 2.45) is 11.3 Å². The first-order valence-electron chi connectivity index (χ1n) is 8.91. The van der Waals surface area contributed by atoms with E-state index in [9.17, 15) is 0 Å². The maximum Gasteiger partial charge on any atom is 0.0547 e. The lowest BCUT2D eigenvalue weighted by atomic mass is 9.67. The summed E-state index contributed by atoms with van der Waals surface area (Å²) in [5, 5.41) is 0. The zero-order valence-electron chi connectivity index (χ0n) is 14.4. The minimum absolute atomic E-state index is 0.182. The third-order valence-electron chi connectivity index (χ3n) is 5.25. The normalized spacial score (nSPS) is 19.0. The van der Waals surface area contributed by atoms with Gasteiger partial charge in [0.25, 0.3) is 0 Å². The van der Waals surface area contributed by atoms with Crippen LogP contribution in [0.2, 0.25) is 0 Å². The average Bonchev–Trinajstić information content (AvgIpc) is 2.59. The van der Waals surface area contributed by atoms with Gasteiger partial charge in [-0.2, -0.15) is 0 Å². The highest BCUT2D eigenvalue weighted by Gasteiger charge is 2.39. The van der Waals surface area contributed by atoms with Crippen LogP contribution in [0.25, 0.3) is 0 Å². The summed E-state index contributed by atoms with van der Waals surface area (Å²) in [7, 11) is 1.84. The van der Waals surface area contributed by atoms with Gasteiger partial charge in [-0.15, -0.1) is 0 Å². The van der Waals surface area contributed by atoms with Crippen LogP contribution in [-0.4, -0.2) is 26.9 Å². The van der Waals surface area contributed by atoms with E-state index in [1.165, 1.54) is 37.7 Å². The molecule has 0 amide bonds. The SMILES string of the molecule is CCOCC(CCc1ccccc1)(COC)C1CCCCC1. The summed E-state index contributed by atoms with van der Waals surface area (Å²) < 4.78 is 11.6. The third-order valence-corrected chi connectivity index (χ3v) is 5.25. The van der Waals surface area contributed by atoms with Crippen molar-refractivity contribution in [3.05, 3.63) is 35.9 Å². The lowest BCUT2D eigenvalue weighted by Gasteiger charge is -2.42. The molecule has 2 rings (SSSR count). The first-order valence-corrected chi connectivity index (χ1v) is 8.91. The smallest absolute Gasteiger partial charge is 0.0547 e. The monoisotopic (exact) mass is 304 g/mol. The van der Waals surface area contributed by atoms with E-state index in [2.05, 4.69) is 37.3 Å². The van der Waals surface area contributed by atoms with Gasteiger partial charge in [-0.05, 0) is 44.1 Å². The second-order valence-electron chi connectivity index (χ2n) is 6.75. The molecule has 22 heavy (non-hydrogen) atoms. The first-order chi connectivity index (χ1) is 10.8. The molecule has 1 atom stereocenters. The van der Waals surface area contributed by atoms with Crippen LogP contribution in [0.5, 0.6) is 0 Å². The number of rotatable bonds is 9. The summed E-state index contributed by atoms with van der Waals surface area (Å²) in [6, 6.07) is 10.8. The van der Waals surface area contributed by atoms with Crippen LogP contribution in [0.15, 0.2) is 30.3 Å². The maximum absolute atomic E-state index is 5.91. The van der Waals surface area contributed by atoms with Crippen LogP contribution >= 0.6 is 0 Å². The van der Waals surface area contributed by atoms with Gasteiger partial charge in [0.05, 0.1) is 13.2 Å². The minimum Gasteiger partial charge on any atom is -0.384 e. The molecule has 1 aromatic carbocycles. The highest BCUT2D eigenvalue weighted by atomic mass is 16.5. The number of aryl methyl sites for hydroxylation is 1. The highest BCUT2D eigenvalue weighted by molar-refractivity contribution is 5.15. The topological polar surface area (TPSA) is 18.5 Å². The second kappa shape index (κ2) is 9.32. The van der Waals surface area contributed by atoms with E-state index < -0.39 is 0 Å². The van der Waals surface area contributed by atoms with Gasteiger partial charge < -0.3 is 9.47 Å². The summed E-state index contributed by atoms with van der Waals surface area (Å²) in [5.41, 5.74) is 1.61. The van der Waals surface area contributed by atoms with E-state index in [0.29, 0.717) is 0 Å². The second-order valence-corrected chi connectivity index (χ2v) is 6.75. The lowest BCUT2D eigenvalue weighted by Crippen LogP contribution is -2.41. The molecular weight excluding hydrogens is 272 g/mol. The molecule has 2 heteroatoms. The van der Waals surface area contributed by atoms with E-state index in [4.69, 9.17) is 9.47 Å². The molecule has 2 nitrogen and oxygen atoms in total. The van der Waals surface area contributed by atoms with Crippen molar-refractivity contribution in [3.63, 3.8) is 0 Å². The van der Waals surface area contributed by atoms with Gasteiger partial charge in [0, 0.05) is 19.1 Å². The molecule has 0 N–H and O–H groups in total. The molecule has 0 bridgehead atoms. The summed E-state index contributed by atoms with van der Waals surface area (Å²) in [4.78, 5) is 0. The van der Waals surface area contributed by atoms with E-state index in [-0.39, 0.29) is 5.41 Å². The van der Waals surface area contributed by atoms with Crippen molar-refractivity contribution in [1.82, 2.24) is 0 Å². The van der Waals surface area contributed by atoms with Crippen molar-refractivity contribution >= 4 is 0 Å². The van der Waals surface area contributed by atoms with Crippen LogP contribution in [0, 0.1) is 11.3 Å². The van der Waals surface area contributed by atoms with Crippen LogP contribution in [0.1, 0.15) is 51.0 Å². The van der Waals surface area contributed by atoms with Crippen molar-refractivity contribution in [3.8, 4) is 0 Å². The van der Waals surface area contributed by atoms with Crippen LogP contribution in [-0.2, 0) is 15.9 Å². The predicted octanol–water partition coefficient (Wildman–Crippen LogP) is 4.87. The number of benzene rings is 1. The summed E-state index contributed by atoms with van der Waals surface area (Å²) in [5.74, 6) is 0.747. The van der Waals surface area contributed by atoms with Crippen LogP contribution in [0.4, 0.5) is 0 Å². The molecule has 1 unspecified atom stereocenters. The van der Waals surface area contributed by atoms with E-state index >= 15 is 0 Å². The Balaban J connectivity index is 2.09. The van der Waals surface area contributed by atoms with Crippen molar-refractivity contribution in [2.75, 3.05) is 26.9 Å². The molecule has 1 fully saturated rings. The maximum atomic E-state index is 5.91. The Bertz CT molecular complexity index is 397. The zero-order chi connectivity index (χ0) is 15.7. The van der Waals surface area contributed by atoms with E-state index in [1.807, 2.05) is 7.11 Å². The van der Waals surface area contributed by atoms with E-state index in [1.54, 1.807) is 0 Å². The van der Waals surface area contributed by atoms with Crippen molar-refractivity contribution < 1.29 is 9.47 Å². The minimum atomic E-state index is 0.182. The number of ether oxygens (including phenoxy) is 2. The Morgan fingerprint density at radius 1 is 1.05 bits per heavy atom. The molecule has 1 aromatic rings. The molecule has 0 radical (unpaired) electrons. The van der Waals surface area contributed by atoms with E-state index in [0.717, 1.165) is 38.6 Å². The van der Waals surface area contributed by atoms with Gasteiger partial charge in [0.2, 0.25) is 0 Å². The standard InChI is InChI=1S/C20H32O2/c1-3-22-17-20(16-21-2,19-12-8-5-9-13-19)15-14-18-10-6-4-7-11-18/h4,6-7,10-11,19H,3,5,8-9,12-17H2,1-2H3. The summed E-state index contributed by atoms with van der Waals surface area (Å²) >= 11 is 0. The first kappa shape index (κ1) is 17.5. The molecule has 1 aliphatic rings. The van der Waals surface area contributed by atoms with Crippen LogP contribution < -0.4 is 0 Å². The van der Waals surface area contributed by atoms with Crippen molar-refractivity contribution in [2.45, 2.75) is 51.9 Å². The fourth-order valence-electron chi connectivity index (χ4n) is 3.97. The molecule has 0 aliphatic heterocycles. The number of hydrogen-bond donors (Lipinski definition) is 0.